The molecule has 0 aromatic heterocycles. The largest absolute Gasteiger partial charge is 0.347 e. The van der Waals surface area contributed by atoms with Gasteiger partial charge in [-0.15, -0.1) is 0 Å². The van der Waals surface area contributed by atoms with E-state index in [-0.39, 0.29) is 37.1 Å². The van der Waals surface area contributed by atoms with Gasteiger partial charge in [-0.25, -0.2) is 8.78 Å². The van der Waals surface area contributed by atoms with Gasteiger partial charge in [-0.2, -0.15) is 0 Å². The van der Waals surface area contributed by atoms with Crippen LogP contribution in [0.1, 0.15) is 29.6 Å². The first-order valence-electron chi connectivity index (χ1n) is 9.28. The molecule has 1 aromatic rings. The summed E-state index contributed by atoms with van der Waals surface area (Å²) in [6.45, 7) is 2.02. The highest BCUT2D eigenvalue weighted by atomic mass is 19.2. The average molecular weight is 380 g/mol. The first-order valence-corrected chi connectivity index (χ1v) is 9.28. The van der Waals surface area contributed by atoms with Crippen molar-refractivity contribution in [1.29, 1.82) is 0 Å². The number of halogens is 2. The number of hydrogen-bond acceptors (Lipinski definition) is 4. The molecule has 8 heteroatoms. The topological polar surface area (TPSA) is 59.1 Å². The molecule has 1 spiro atoms. The zero-order chi connectivity index (χ0) is 19.0. The van der Waals surface area contributed by atoms with Crippen molar-refractivity contribution in [2.45, 2.75) is 25.0 Å². The van der Waals surface area contributed by atoms with Crippen LogP contribution in [0.25, 0.3) is 0 Å². The highest BCUT2D eigenvalue weighted by molar-refractivity contribution is 5.94. The van der Waals surface area contributed by atoms with E-state index in [1.165, 1.54) is 11.0 Å². The lowest BCUT2D eigenvalue weighted by atomic mass is 10.1. The van der Waals surface area contributed by atoms with Crippen LogP contribution in [-0.4, -0.2) is 66.8 Å². The summed E-state index contributed by atoms with van der Waals surface area (Å²) in [5.74, 6) is -3.32. The molecule has 0 bridgehead atoms. The Bertz CT molecular complexity index is 755. The number of hydrogen-bond donors (Lipinski definition) is 0. The summed E-state index contributed by atoms with van der Waals surface area (Å²) in [7, 11) is 0. The van der Waals surface area contributed by atoms with Crippen LogP contribution >= 0.6 is 0 Å². The van der Waals surface area contributed by atoms with E-state index < -0.39 is 23.3 Å². The second-order valence-electron chi connectivity index (χ2n) is 7.35. The van der Waals surface area contributed by atoms with Gasteiger partial charge in [0, 0.05) is 24.6 Å². The SMILES string of the molecule is O=C(c1ccc(F)c(F)c1)N1CCOC2(C1)CN(C(=O)C1CC1)CCCO2. The van der Waals surface area contributed by atoms with Crippen LogP contribution in [0.3, 0.4) is 0 Å². The number of morpholine rings is 1. The summed E-state index contributed by atoms with van der Waals surface area (Å²) >= 11 is 0. The molecule has 2 saturated heterocycles. The minimum Gasteiger partial charge on any atom is -0.347 e. The van der Waals surface area contributed by atoms with Gasteiger partial charge in [0.25, 0.3) is 5.91 Å². The minimum atomic E-state index is -1.08. The molecule has 2 aliphatic heterocycles. The van der Waals surface area contributed by atoms with E-state index in [1.54, 1.807) is 4.90 Å². The summed E-state index contributed by atoms with van der Waals surface area (Å²) in [6.07, 6.45) is 2.55. The van der Waals surface area contributed by atoms with E-state index in [9.17, 15) is 18.4 Å². The molecule has 2 amide bonds. The lowest BCUT2D eigenvalue weighted by Gasteiger charge is -2.43. The normalized spacial score (nSPS) is 26.1. The van der Waals surface area contributed by atoms with Crippen LogP contribution in [0.15, 0.2) is 18.2 Å². The summed E-state index contributed by atoms with van der Waals surface area (Å²) in [5, 5.41) is 0. The maximum absolute atomic E-state index is 13.5. The van der Waals surface area contributed by atoms with Gasteiger partial charge in [-0.05, 0) is 37.5 Å². The van der Waals surface area contributed by atoms with Crippen molar-refractivity contribution in [2.75, 3.05) is 39.4 Å². The molecule has 3 fully saturated rings. The highest BCUT2D eigenvalue weighted by Gasteiger charge is 2.45. The second kappa shape index (κ2) is 7.16. The van der Waals surface area contributed by atoms with Gasteiger partial charge in [0.1, 0.15) is 0 Å². The van der Waals surface area contributed by atoms with Crippen molar-refractivity contribution in [3.05, 3.63) is 35.4 Å². The molecule has 4 rings (SSSR count). The second-order valence-corrected chi connectivity index (χ2v) is 7.35. The third kappa shape index (κ3) is 3.82. The molecule has 1 saturated carbocycles. The summed E-state index contributed by atoms with van der Waals surface area (Å²) in [4.78, 5) is 28.5. The standard InChI is InChI=1S/C19H22F2N2O4/c20-15-5-4-14(10-16(15)21)18(25)23-7-9-27-19(12-23)11-22(6-1-8-26-19)17(24)13-2-3-13/h4-5,10,13H,1-3,6-9,11-12H2. The maximum atomic E-state index is 13.5. The predicted molar refractivity (Wildman–Crippen MR) is 90.8 cm³/mol. The Morgan fingerprint density at radius 3 is 2.48 bits per heavy atom. The highest BCUT2D eigenvalue weighted by Crippen LogP contribution is 2.33. The number of carbonyl (C=O) groups excluding carboxylic acids is 2. The van der Waals surface area contributed by atoms with Crippen molar-refractivity contribution >= 4 is 11.8 Å². The van der Waals surface area contributed by atoms with Crippen LogP contribution in [0.2, 0.25) is 0 Å². The van der Waals surface area contributed by atoms with Crippen LogP contribution < -0.4 is 0 Å². The van der Waals surface area contributed by atoms with E-state index >= 15 is 0 Å². The van der Waals surface area contributed by atoms with Gasteiger partial charge < -0.3 is 19.3 Å². The Hall–Kier alpha value is -2.06. The van der Waals surface area contributed by atoms with Gasteiger partial charge in [0.05, 0.1) is 26.3 Å². The number of benzene rings is 1. The van der Waals surface area contributed by atoms with E-state index in [4.69, 9.17) is 9.47 Å². The Morgan fingerprint density at radius 2 is 1.74 bits per heavy atom. The van der Waals surface area contributed by atoms with E-state index in [0.29, 0.717) is 26.1 Å². The monoisotopic (exact) mass is 380 g/mol. The number of rotatable bonds is 2. The Balaban J connectivity index is 1.50. The zero-order valence-electron chi connectivity index (χ0n) is 15.0. The van der Waals surface area contributed by atoms with Crippen molar-refractivity contribution in [3.63, 3.8) is 0 Å². The quantitative estimate of drug-likeness (QED) is 0.785. The molecule has 0 N–H and O–H groups in total. The summed E-state index contributed by atoms with van der Waals surface area (Å²) < 4.78 is 38.4. The molecule has 1 atom stereocenters. The number of amides is 2. The van der Waals surface area contributed by atoms with Crippen LogP contribution in [0, 0.1) is 17.6 Å². The van der Waals surface area contributed by atoms with Gasteiger partial charge in [-0.1, -0.05) is 0 Å². The van der Waals surface area contributed by atoms with Crippen molar-refractivity contribution in [2.24, 2.45) is 5.92 Å². The van der Waals surface area contributed by atoms with E-state index in [2.05, 4.69) is 0 Å². The molecule has 2 heterocycles. The zero-order valence-corrected chi connectivity index (χ0v) is 15.0. The van der Waals surface area contributed by atoms with Crippen molar-refractivity contribution < 1.29 is 27.8 Å². The van der Waals surface area contributed by atoms with E-state index in [0.717, 1.165) is 25.0 Å². The number of nitrogens with zero attached hydrogens (tertiary/aromatic N) is 2. The first kappa shape index (κ1) is 18.3. The van der Waals surface area contributed by atoms with E-state index in [1.807, 2.05) is 0 Å². The third-order valence-electron chi connectivity index (χ3n) is 5.22. The molecule has 3 aliphatic rings. The molecule has 0 radical (unpaired) electrons. The molecule has 27 heavy (non-hydrogen) atoms. The molecule has 1 aromatic carbocycles. The number of ether oxygens (including phenoxy) is 2. The lowest BCUT2D eigenvalue weighted by molar-refractivity contribution is -0.260. The van der Waals surface area contributed by atoms with Gasteiger partial charge in [0.15, 0.2) is 11.6 Å². The van der Waals surface area contributed by atoms with Gasteiger partial charge in [-0.3, -0.25) is 9.59 Å². The number of carbonyl (C=O) groups is 2. The maximum Gasteiger partial charge on any atom is 0.254 e. The van der Waals surface area contributed by atoms with Gasteiger partial charge in [0.2, 0.25) is 11.7 Å². The van der Waals surface area contributed by atoms with Crippen LogP contribution in [0.4, 0.5) is 8.78 Å². The van der Waals surface area contributed by atoms with Crippen molar-refractivity contribution in [3.8, 4) is 0 Å². The Morgan fingerprint density at radius 1 is 1.00 bits per heavy atom. The first-order chi connectivity index (χ1) is 13.0. The third-order valence-corrected chi connectivity index (χ3v) is 5.22. The molecule has 1 unspecified atom stereocenters. The molecule has 1 aliphatic carbocycles. The predicted octanol–water partition coefficient (Wildman–Crippen LogP) is 1.79. The van der Waals surface area contributed by atoms with Crippen molar-refractivity contribution in [1.82, 2.24) is 9.80 Å². The lowest BCUT2D eigenvalue weighted by Crippen LogP contribution is -2.59. The minimum absolute atomic E-state index is 0.0745. The smallest absolute Gasteiger partial charge is 0.254 e. The fourth-order valence-corrected chi connectivity index (χ4v) is 3.63. The molecular formula is C19H22F2N2O4. The molecule has 6 nitrogen and oxygen atoms in total. The van der Waals surface area contributed by atoms with Crippen LogP contribution in [0.5, 0.6) is 0 Å². The van der Waals surface area contributed by atoms with Crippen LogP contribution in [-0.2, 0) is 14.3 Å². The average Bonchev–Trinajstić information content (AvgIpc) is 3.51. The van der Waals surface area contributed by atoms with Gasteiger partial charge >= 0.3 is 0 Å². The summed E-state index contributed by atoms with van der Waals surface area (Å²) in [5.41, 5.74) is 0.0745. The summed E-state index contributed by atoms with van der Waals surface area (Å²) in [6, 6.07) is 3.10. The Kier molecular flexibility index (Phi) is 4.86. The molecule has 146 valence electrons. The molecular weight excluding hydrogens is 358 g/mol. The Labute approximate surface area is 156 Å². The fourth-order valence-electron chi connectivity index (χ4n) is 3.63. The fraction of sp³-hybridized carbons (Fsp3) is 0.579.